The van der Waals surface area contributed by atoms with E-state index in [4.69, 9.17) is 4.74 Å². The van der Waals surface area contributed by atoms with Crippen molar-refractivity contribution in [1.29, 1.82) is 0 Å². The summed E-state index contributed by atoms with van der Waals surface area (Å²) < 4.78 is 6.87. The Balaban J connectivity index is 1.48. The highest BCUT2D eigenvalue weighted by atomic mass is 16.5. The predicted octanol–water partition coefficient (Wildman–Crippen LogP) is 2.90. The number of amides is 1. The number of carbonyl (C=O) groups excluding carboxylic acids is 1. The number of methoxy groups -OCH3 is 1. The largest absolute Gasteiger partial charge is 0.497 e. The zero-order chi connectivity index (χ0) is 18.8. The molecule has 136 valence electrons. The lowest BCUT2D eigenvalue weighted by Gasteiger charge is -2.03. The van der Waals surface area contributed by atoms with Gasteiger partial charge in [-0.3, -0.25) is 9.48 Å². The van der Waals surface area contributed by atoms with Crippen molar-refractivity contribution in [2.45, 2.75) is 6.54 Å². The minimum Gasteiger partial charge on any atom is -0.497 e. The molecule has 0 unspecified atom stereocenters. The number of aryl methyl sites for hydroxylation is 1. The number of fused-ring (bicyclic) bond motifs is 1. The summed E-state index contributed by atoms with van der Waals surface area (Å²) in [5.74, 6) is 1.24. The number of carbonyl (C=O) groups is 1. The van der Waals surface area contributed by atoms with Crippen molar-refractivity contribution in [2.24, 2.45) is 7.05 Å². The van der Waals surface area contributed by atoms with E-state index in [0.29, 0.717) is 18.1 Å². The van der Waals surface area contributed by atoms with Gasteiger partial charge in [0.2, 0.25) is 0 Å². The SMILES string of the molecule is COc1ccc(-c2cc(C(=O)NCc3nc4ccccc4[nH]3)nn2C)cc1. The van der Waals surface area contributed by atoms with E-state index in [0.717, 1.165) is 28.0 Å². The molecule has 0 saturated heterocycles. The first-order chi connectivity index (χ1) is 13.1. The van der Waals surface area contributed by atoms with Crippen molar-refractivity contribution in [3.05, 3.63) is 66.1 Å². The molecule has 7 heteroatoms. The minimum absolute atomic E-state index is 0.245. The van der Waals surface area contributed by atoms with Gasteiger partial charge in [0.15, 0.2) is 5.69 Å². The number of rotatable bonds is 5. The maximum atomic E-state index is 12.5. The predicted molar refractivity (Wildman–Crippen MR) is 102 cm³/mol. The summed E-state index contributed by atoms with van der Waals surface area (Å²) in [4.78, 5) is 20.1. The van der Waals surface area contributed by atoms with Crippen LogP contribution < -0.4 is 10.1 Å². The fraction of sp³-hybridized carbons (Fsp3) is 0.150. The number of nitrogens with one attached hydrogen (secondary N) is 2. The third kappa shape index (κ3) is 3.39. The van der Waals surface area contributed by atoms with E-state index in [9.17, 15) is 4.79 Å². The van der Waals surface area contributed by atoms with Crippen LogP contribution in [0.2, 0.25) is 0 Å². The van der Waals surface area contributed by atoms with Gasteiger partial charge >= 0.3 is 0 Å². The van der Waals surface area contributed by atoms with Gasteiger partial charge in [0.05, 0.1) is 30.4 Å². The second-order valence-electron chi connectivity index (χ2n) is 6.15. The van der Waals surface area contributed by atoms with Gasteiger partial charge in [0, 0.05) is 12.6 Å². The summed E-state index contributed by atoms with van der Waals surface area (Å²) in [7, 11) is 3.44. The van der Waals surface area contributed by atoms with Gasteiger partial charge in [-0.1, -0.05) is 12.1 Å². The fourth-order valence-electron chi connectivity index (χ4n) is 2.95. The number of benzene rings is 2. The smallest absolute Gasteiger partial charge is 0.272 e. The number of imidazole rings is 1. The Morgan fingerprint density at radius 1 is 1.19 bits per heavy atom. The number of nitrogens with zero attached hydrogens (tertiary/aromatic N) is 3. The van der Waals surface area contributed by atoms with Crippen LogP contribution in [0.4, 0.5) is 0 Å². The molecule has 0 bridgehead atoms. The molecule has 1 amide bonds. The molecule has 2 heterocycles. The molecule has 2 aromatic heterocycles. The highest BCUT2D eigenvalue weighted by Gasteiger charge is 2.14. The molecule has 0 spiro atoms. The van der Waals surface area contributed by atoms with Gasteiger partial charge in [-0.25, -0.2) is 4.98 Å². The van der Waals surface area contributed by atoms with E-state index < -0.39 is 0 Å². The lowest BCUT2D eigenvalue weighted by atomic mass is 10.1. The Morgan fingerprint density at radius 3 is 2.70 bits per heavy atom. The van der Waals surface area contributed by atoms with Crippen molar-refractivity contribution in [3.63, 3.8) is 0 Å². The molecule has 0 aliphatic heterocycles. The van der Waals surface area contributed by atoms with Crippen molar-refractivity contribution >= 4 is 16.9 Å². The first-order valence-corrected chi connectivity index (χ1v) is 8.54. The molecule has 4 rings (SSSR count). The Kier molecular flexibility index (Phi) is 4.33. The van der Waals surface area contributed by atoms with E-state index in [-0.39, 0.29) is 5.91 Å². The molecule has 7 nitrogen and oxygen atoms in total. The van der Waals surface area contributed by atoms with Crippen LogP contribution in [0.1, 0.15) is 16.3 Å². The summed E-state index contributed by atoms with van der Waals surface area (Å²) in [6.07, 6.45) is 0. The molecule has 0 aliphatic carbocycles. The van der Waals surface area contributed by atoms with Crippen LogP contribution in [-0.2, 0) is 13.6 Å². The van der Waals surface area contributed by atoms with E-state index in [1.807, 2.05) is 55.6 Å². The lowest BCUT2D eigenvalue weighted by molar-refractivity contribution is 0.0944. The molecule has 2 aromatic carbocycles. The van der Waals surface area contributed by atoms with Crippen molar-refractivity contribution in [3.8, 4) is 17.0 Å². The molecule has 27 heavy (non-hydrogen) atoms. The standard InChI is InChI=1S/C20H19N5O2/c1-25-18(13-7-9-14(27-2)10-8-13)11-17(24-25)20(26)21-12-19-22-15-5-3-4-6-16(15)23-19/h3-11H,12H2,1-2H3,(H,21,26)(H,22,23). The first-order valence-electron chi connectivity index (χ1n) is 8.54. The van der Waals surface area contributed by atoms with Crippen LogP contribution in [-0.4, -0.2) is 32.8 Å². The maximum absolute atomic E-state index is 12.5. The van der Waals surface area contributed by atoms with E-state index >= 15 is 0 Å². The van der Waals surface area contributed by atoms with Gasteiger partial charge in [0.25, 0.3) is 5.91 Å². The molecular weight excluding hydrogens is 342 g/mol. The molecule has 0 radical (unpaired) electrons. The summed E-state index contributed by atoms with van der Waals surface area (Å²) in [5.41, 5.74) is 4.00. The normalized spacial score (nSPS) is 10.9. The summed E-state index contributed by atoms with van der Waals surface area (Å²) in [5, 5.41) is 7.19. The lowest BCUT2D eigenvalue weighted by Crippen LogP contribution is -2.24. The van der Waals surface area contributed by atoms with Gasteiger partial charge in [0.1, 0.15) is 11.6 Å². The number of hydrogen-bond acceptors (Lipinski definition) is 4. The maximum Gasteiger partial charge on any atom is 0.272 e. The van der Waals surface area contributed by atoms with Crippen molar-refractivity contribution in [2.75, 3.05) is 7.11 Å². The van der Waals surface area contributed by atoms with Crippen LogP contribution in [0.3, 0.4) is 0 Å². The van der Waals surface area contributed by atoms with E-state index in [1.54, 1.807) is 17.9 Å². The Labute approximate surface area is 156 Å². The average Bonchev–Trinajstić information content (AvgIpc) is 3.29. The van der Waals surface area contributed by atoms with Gasteiger partial charge in [-0.15, -0.1) is 0 Å². The van der Waals surface area contributed by atoms with Crippen LogP contribution in [0, 0.1) is 0 Å². The third-order valence-electron chi connectivity index (χ3n) is 4.35. The second-order valence-corrected chi connectivity index (χ2v) is 6.15. The number of H-pyrrole nitrogens is 1. The van der Waals surface area contributed by atoms with Crippen LogP contribution in [0.25, 0.3) is 22.3 Å². The van der Waals surface area contributed by atoms with Gasteiger partial charge in [-0.05, 0) is 42.5 Å². The van der Waals surface area contributed by atoms with Crippen molar-refractivity contribution in [1.82, 2.24) is 25.1 Å². The zero-order valence-corrected chi connectivity index (χ0v) is 15.1. The number of aromatic amines is 1. The molecule has 0 saturated carbocycles. The molecule has 0 aliphatic rings. The first kappa shape index (κ1) is 16.8. The second kappa shape index (κ2) is 6.95. The summed E-state index contributed by atoms with van der Waals surface area (Å²) in [6.45, 7) is 0.307. The molecule has 2 N–H and O–H groups in total. The fourth-order valence-corrected chi connectivity index (χ4v) is 2.95. The van der Waals surface area contributed by atoms with E-state index in [1.165, 1.54) is 0 Å². The minimum atomic E-state index is -0.245. The Hall–Kier alpha value is -3.61. The quantitative estimate of drug-likeness (QED) is 0.572. The van der Waals surface area contributed by atoms with Crippen LogP contribution >= 0.6 is 0 Å². The summed E-state index contributed by atoms with van der Waals surface area (Å²) >= 11 is 0. The highest BCUT2D eigenvalue weighted by Crippen LogP contribution is 2.22. The zero-order valence-electron chi connectivity index (χ0n) is 15.1. The molecule has 0 atom stereocenters. The van der Waals surface area contributed by atoms with Gasteiger partial charge in [-0.2, -0.15) is 5.10 Å². The van der Waals surface area contributed by atoms with Crippen LogP contribution in [0.15, 0.2) is 54.6 Å². The number of ether oxygens (including phenoxy) is 1. The Morgan fingerprint density at radius 2 is 1.96 bits per heavy atom. The van der Waals surface area contributed by atoms with E-state index in [2.05, 4.69) is 20.4 Å². The molecular formula is C20H19N5O2. The van der Waals surface area contributed by atoms with Gasteiger partial charge < -0.3 is 15.0 Å². The number of para-hydroxylation sites is 2. The van der Waals surface area contributed by atoms with Crippen LogP contribution in [0.5, 0.6) is 5.75 Å². The monoisotopic (exact) mass is 361 g/mol. The van der Waals surface area contributed by atoms with Crippen molar-refractivity contribution < 1.29 is 9.53 Å². The molecule has 0 fully saturated rings. The topological polar surface area (TPSA) is 84.8 Å². The average molecular weight is 361 g/mol. The summed E-state index contributed by atoms with van der Waals surface area (Å²) in [6, 6.07) is 17.2. The Bertz CT molecular complexity index is 1060. The third-order valence-corrected chi connectivity index (χ3v) is 4.35. The molecule has 4 aromatic rings. The number of hydrogen-bond donors (Lipinski definition) is 2. The number of aromatic nitrogens is 4. The highest BCUT2D eigenvalue weighted by molar-refractivity contribution is 5.93.